The highest BCUT2D eigenvalue weighted by Gasteiger charge is 2.25. The summed E-state index contributed by atoms with van der Waals surface area (Å²) >= 11 is 5.98. The molecule has 2 aromatic rings. The summed E-state index contributed by atoms with van der Waals surface area (Å²) < 4.78 is 27.1. The second-order valence-electron chi connectivity index (χ2n) is 5.03. The number of benzene rings is 2. The Bertz CT molecular complexity index is 901. The summed E-state index contributed by atoms with van der Waals surface area (Å²) in [5, 5.41) is 21.9. The van der Waals surface area contributed by atoms with E-state index in [2.05, 4.69) is 4.72 Å². The first-order valence-corrected chi connectivity index (χ1v) is 8.78. The summed E-state index contributed by atoms with van der Waals surface area (Å²) in [7, 11) is -4.07. The van der Waals surface area contributed by atoms with Crippen LogP contribution in [-0.2, 0) is 14.8 Å². The van der Waals surface area contributed by atoms with Crippen LogP contribution in [0.15, 0.2) is 53.4 Å². The van der Waals surface area contributed by atoms with Crippen molar-refractivity contribution in [3.63, 3.8) is 0 Å². The zero-order valence-electron chi connectivity index (χ0n) is 12.6. The van der Waals surface area contributed by atoms with Crippen molar-refractivity contribution in [2.45, 2.75) is 17.4 Å². The van der Waals surface area contributed by atoms with E-state index in [-0.39, 0.29) is 21.2 Å². The highest BCUT2D eigenvalue weighted by molar-refractivity contribution is 7.89. The van der Waals surface area contributed by atoms with Crippen molar-refractivity contribution >= 4 is 33.3 Å². The number of carboxylic acids is 1. The van der Waals surface area contributed by atoms with Crippen molar-refractivity contribution in [3.8, 4) is 0 Å². The van der Waals surface area contributed by atoms with Gasteiger partial charge in [0.25, 0.3) is 5.69 Å². The molecule has 0 aliphatic heterocycles. The van der Waals surface area contributed by atoms with Crippen molar-refractivity contribution < 1.29 is 23.2 Å². The molecule has 0 saturated heterocycles. The summed E-state index contributed by atoms with van der Waals surface area (Å²) in [5.41, 5.74) is -0.374. The molecule has 0 unspecified atom stereocenters. The molecule has 25 heavy (non-hydrogen) atoms. The third kappa shape index (κ3) is 4.75. The first-order chi connectivity index (χ1) is 11.7. The lowest BCUT2D eigenvalue weighted by Crippen LogP contribution is -2.34. The van der Waals surface area contributed by atoms with Gasteiger partial charge in [0.2, 0.25) is 10.0 Å². The Balaban J connectivity index is 2.46. The summed E-state index contributed by atoms with van der Waals surface area (Å²) in [6.45, 7) is 0. The Morgan fingerprint density at radius 3 is 2.40 bits per heavy atom. The number of carbonyl (C=O) groups excluding carboxylic acids is 1. The van der Waals surface area contributed by atoms with Gasteiger partial charge in [-0.05, 0) is 23.8 Å². The van der Waals surface area contributed by atoms with E-state index < -0.39 is 33.4 Å². The van der Waals surface area contributed by atoms with Crippen molar-refractivity contribution in [1.29, 1.82) is 0 Å². The van der Waals surface area contributed by atoms with Gasteiger partial charge in [-0.3, -0.25) is 10.1 Å². The Morgan fingerprint density at radius 2 is 1.84 bits per heavy atom. The molecule has 0 radical (unpaired) electrons. The van der Waals surface area contributed by atoms with Gasteiger partial charge in [0, 0.05) is 29.5 Å². The molecule has 1 atom stereocenters. The molecule has 8 nitrogen and oxygen atoms in total. The number of hydrogen-bond acceptors (Lipinski definition) is 6. The van der Waals surface area contributed by atoms with Crippen molar-refractivity contribution in [1.82, 2.24) is 4.72 Å². The molecule has 10 heteroatoms. The van der Waals surface area contributed by atoms with Crippen molar-refractivity contribution in [2.75, 3.05) is 0 Å². The number of carbonyl (C=O) groups is 1. The predicted octanol–water partition coefficient (Wildman–Crippen LogP) is 1.41. The van der Waals surface area contributed by atoms with Crippen LogP contribution in [0.1, 0.15) is 18.0 Å². The fourth-order valence-corrected chi connectivity index (χ4v) is 3.63. The highest BCUT2D eigenvalue weighted by Crippen LogP contribution is 2.30. The summed E-state index contributed by atoms with van der Waals surface area (Å²) in [4.78, 5) is 21.1. The molecular weight excluding hydrogens is 372 g/mol. The number of hydrogen-bond donors (Lipinski definition) is 1. The van der Waals surface area contributed by atoms with Gasteiger partial charge in [-0.25, -0.2) is 13.1 Å². The second kappa shape index (κ2) is 7.60. The Kier molecular flexibility index (Phi) is 5.73. The Morgan fingerprint density at radius 1 is 1.20 bits per heavy atom. The van der Waals surface area contributed by atoms with Gasteiger partial charge in [0.05, 0.1) is 15.9 Å². The molecule has 2 rings (SSSR count). The molecular formula is C15H12ClN2O6S-. The van der Waals surface area contributed by atoms with Crippen LogP contribution in [-0.4, -0.2) is 19.3 Å². The number of rotatable bonds is 7. The lowest BCUT2D eigenvalue weighted by molar-refractivity contribution is -0.384. The largest absolute Gasteiger partial charge is 0.550 e. The van der Waals surface area contributed by atoms with Crippen LogP contribution in [0.4, 0.5) is 5.69 Å². The van der Waals surface area contributed by atoms with Crippen LogP contribution in [0.25, 0.3) is 0 Å². The van der Waals surface area contributed by atoms with Crippen LogP contribution in [0, 0.1) is 10.1 Å². The maximum Gasteiger partial charge on any atom is 0.269 e. The number of sulfonamides is 1. The molecule has 0 heterocycles. The van der Waals surface area contributed by atoms with E-state index in [9.17, 15) is 28.4 Å². The Labute approximate surface area is 148 Å². The summed E-state index contributed by atoms with van der Waals surface area (Å²) in [6, 6.07) is 9.31. The van der Waals surface area contributed by atoms with Gasteiger partial charge in [-0.15, -0.1) is 0 Å². The fraction of sp³-hybridized carbons (Fsp3) is 0.133. The van der Waals surface area contributed by atoms with E-state index in [0.717, 1.165) is 12.1 Å². The molecule has 132 valence electrons. The van der Waals surface area contributed by atoms with E-state index >= 15 is 0 Å². The molecule has 0 saturated carbocycles. The van der Waals surface area contributed by atoms with E-state index in [1.54, 1.807) is 6.07 Å². The maximum atomic E-state index is 12.4. The number of aliphatic carboxylic acids is 1. The third-order valence-corrected chi connectivity index (χ3v) is 5.12. The van der Waals surface area contributed by atoms with Gasteiger partial charge in [0.15, 0.2) is 0 Å². The minimum Gasteiger partial charge on any atom is -0.550 e. The third-order valence-electron chi connectivity index (χ3n) is 3.29. The van der Waals surface area contributed by atoms with Crippen LogP contribution in [0.3, 0.4) is 0 Å². The number of halogens is 1. The predicted molar refractivity (Wildman–Crippen MR) is 87.2 cm³/mol. The number of non-ortho nitro benzene ring substituents is 1. The molecule has 2 aromatic carbocycles. The van der Waals surface area contributed by atoms with Crippen LogP contribution in [0.5, 0.6) is 0 Å². The van der Waals surface area contributed by atoms with Gasteiger partial charge in [0.1, 0.15) is 0 Å². The SMILES string of the molecule is O=C([O-])C[C@H](NS(=O)(=O)c1ccccc1)c1cc([N+](=O)[O-])ccc1Cl. The van der Waals surface area contributed by atoms with E-state index in [1.165, 1.54) is 30.3 Å². The number of nitro benzene ring substituents is 1. The number of nitro groups is 1. The average Bonchev–Trinajstić information content (AvgIpc) is 2.54. The van der Waals surface area contributed by atoms with Gasteiger partial charge < -0.3 is 9.90 Å². The minimum atomic E-state index is -4.07. The zero-order valence-corrected chi connectivity index (χ0v) is 14.2. The molecule has 0 spiro atoms. The smallest absolute Gasteiger partial charge is 0.269 e. The van der Waals surface area contributed by atoms with Crippen molar-refractivity contribution in [3.05, 3.63) is 69.2 Å². The molecule has 0 fully saturated rings. The van der Waals surface area contributed by atoms with Crippen LogP contribution >= 0.6 is 11.6 Å². The minimum absolute atomic E-state index is 0.00684. The monoisotopic (exact) mass is 383 g/mol. The molecule has 0 bridgehead atoms. The second-order valence-corrected chi connectivity index (χ2v) is 7.15. The quantitative estimate of drug-likeness (QED) is 0.568. The molecule has 0 amide bonds. The maximum absolute atomic E-state index is 12.4. The summed E-state index contributed by atoms with van der Waals surface area (Å²) in [6.07, 6.45) is -0.743. The number of carboxylic acid groups (broad SMARTS) is 1. The van der Waals surface area contributed by atoms with Gasteiger partial charge >= 0.3 is 0 Å². The Hall–Kier alpha value is -2.49. The number of nitrogens with one attached hydrogen (secondary N) is 1. The molecule has 0 aliphatic carbocycles. The lowest BCUT2D eigenvalue weighted by Gasteiger charge is -2.20. The first-order valence-electron chi connectivity index (χ1n) is 6.92. The average molecular weight is 384 g/mol. The van der Waals surface area contributed by atoms with E-state index in [0.29, 0.717) is 0 Å². The topological polar surface area (TPSA) is 129 Å². The van der Waals surface area contributed by atoms with Gasteiger partial charge in [-0.2, -0.15) is 0 Å². The lowest BCUT2D eigenvalue weighted by atomic mass is 10.0. The molecule has 0 aromatic heterocycles. The first kappa shape index (κ1) is 18.8. The van der Waals surface area contributed by atoms with Crippen LogP contribution in [0.2, 0.25) is 5.02 Å². The zero-order chi connectivity index (χ0) is 18.6. The number of nitrogens with zero attached hydrogens (tertiary/aromatic N) is 1. The highest BCUT2D eigenvalue weighted by atomic mass is 35.5. The molecule has 1 N–H and O–H groups in total. The normalized spacial score (nSPS) is 12.5. The van der Waals surface area contributed by atoms with E-state index in [4.69, 9.17) is 11.6 Å². The van der Waals surface area contributed by atoms with E-state index in [1.807, 2.05) is 0 Å². The molecule has 0 aliphatic rings. The van der Waals surface area contributed by atoms with Gasteiger partial charge in [-0.1, -0.05) is 29.8 Å². The summed E-state index contributed by atoms with van der Waals surface area (Å²) in [5.74, 6) is -1.54. The fourth-order valence-electron chi connectivity index (χ4n) is 2.15. The van der Waals surface area contributed by atoms with Crippen LogP contribution < -0.4 is 9.83 Å². The standard InChI is InChI=1S/C15H13ClN2O6S/c16-13-7-6-10(18(21)22)8-12(13)14(9-15(19)20)17-25(23,24)11-4-2-1-3-5-11/h1-8,14,17H,9H2,(H,19,20)/p-1/t14-/m0/s1. The van der Waals surface area contributed by atoms with Crippen molar-refractivity contribution in [2.24, 2.45) is 0 Å².